The summed E-state index contributed by atoms with van der Waals surface area (Å²) in [5.41, 5.74) is 8.06. The molecule has 3 N–H and O–H groups in total. The molecule has 3 heterocycles. The molecule has 2 aromatic carbocycles. The Hall–Kier alpha value is -5.07. The molecule has 42 heavy (non-hydrogen) atoms. The van der Waals surface area contributed by atoms with Crippen LogP contribution in [0.3, 0.4) is 0 Å². The van der Waals surface area contributed by atoms with E-state index in [-0.39, 0.29) is 5.82 Å². The Bertz CT molecular complexity index is 1920. The molecule has 0 saturated carbocycles. The van der Waals surface area contributed by atoms with E-state index in [1.807, 2.05) is 62.4 Å². The first-order valence-corrected chi connectivity index (χ1v) is 13.9. The van der Waals surface area contributed by atoms with Crippen molar-refractivity contribution in [1.29, 1.82) is 0 Å². The van der Waals surface area contributed by atoms with Crippen molar-refractivity contribution in [2.75, 3.05) is 6.54 Å². The molecule has 0 spiro atoms. The summed E-state index contributed by atoms with van der Waals surface area (Å²) in [4.78, 5) is 8.04. The quantitative estimate of drug-likeness (QED) is 0.167. The second-order valence-electron chi connectivity index (χ2n) is 9.93. The summed E-state index contributed by atoms with van der Waals surface area (Å²) in [6.45, 7) is 13.9. The number of benzene rings is 2. The smallest absolute Gasteiger partial charge is 0.123 e. The number of H-pyrrole nitrogens is 2. The minimum atomic E-state index is -0.298. The third-order valence-corrected chi connectivity index (χ3v) is 7.13. The van der Waals surface area contributed by atoms with Gasteiger partial charge in [0.15, 0.2) is 0 Å². The van der Waals surface area contributed by atoms with Gasteiger partial charge in [-0.05, 0) is 66.5 Å². The van der Waals surface area contributed by atoms with Crippen molar-refractivity contribution >= 4 is 23.1 Å². The van der Waals surface area contributed by atoms with Crippen LogP contribution in [0, 0.1) is 5.82 Å². The SMILES string of the molecule is C=C/C(=C\C(=C/C)C(=C)/C=c1/c(-c2cc3c(-c4cccc(F)c4)nccc3[nH]2)n[nH]/c1=C/C)CNCc1ccccc1. The maximum Gasteiger partial charge on any atom is 0.123 e. The molecule has 5 nitrogen and oxygen atoms in total. The van der Waals surface area contributed by atoms with Gasteiger partial charge < -0.3 is 10.3 Å². The molecule has 0 bridgehead atoms. The van der Waals surface area contributed by atoms with E-state index in [0.717, 1.165) is 61.7 Å². The topological polar surface area (TPSA) is 69.4 Å². The van der Waals surface area contributed by atoms with Crippen LogP contribution in [-0.2, 0) is 6.54 Å². The van der Waals surface area contributed by atoms with Crippen LogP contribution in [0.15, 0.2) is 121 Å². The summed E-state index contributed by atoms with van der Waals surface area (Å²) in [5.74, 6) is -0.298. The van der Waals surface area contributed by atoms with Crippen molar-refractivity contribution in [2.24, 2.45) is 0 Å². The van der Waals surface area contributed by atoms with Gasteiger partial charge >= 0.3 is 0 Å². The van der Waals surface area contributed by atoms with Gasteiger partial charge in [0.25, 0.3) is 0 Å². The van der Waals surface area contributed by atoms with Crippen LogP contribution < -0.4 is 15.9 Å². The summed E-state index contributed by atoms with van der Waals surface area (Å²) >= 11 is 0. The second-order valence-corrected chi connectivity index (χ2v) is 9.93. The predicted molar refractivity (Wildman–Crippen MR) is 172 cm³/mol. The number of hydrogen-bond donors (Lipinski definition) is 3. The molecule has 0 atom stereocenters. The largest absolute Gasteiger partial charge is 0.353 e. The Morgan fingerprint density at radius 2 is 1.86 bits per heavy atom. The number of hydrogen-bond acceptors (Lipinski definition) is 3. The number of halogens is 1. The maximum atomic E-state index is 14.0. The van der Waals surface area contributed by atoms with E-state index in [1.165, 1.54) is 17.7 Å². The Labute approximate surface area is 245 Å². The van der Waals surface area contributed by atoms with Crippen LogP contribution in [0.4, 0.5) is 4.39 Å². The molecule has 0 saturated heterocycles. The van der Waals surface area contributed by atoms with Crippen molar-refractivity contribution in [3.8, 4) is 22.6 Å². The van der Waals surface area contributed by atoms with Gasteiger partial charge in [0, 0.05) is 41.0 Å². The summed E-state index contributed by atoms with van der Waals surface area (Å²) in [6.07, 6.45) is 11.8. The van der Waals surface area contributed by atoms with E-state index in [4.69, 9.17) is 0 Å². The fraction of sp³-hybridized carbons (Fsp3) is 0.111. The lowest BCUT2D eigenvalue weighted by Crippen LogP contribution is -2.23. The summed E-state index contributed by atoms with van der Waals surface area (Å²) in [6, 6.07) is 20.7. The van der Waals surface area contributed by atoms with Gasteiger partial charge in [-0.1, -0.05) is 79.9 Å². The van der Waals surface area contributed by atoms with Gasteiger partial charge in [0.2, 0.25) is 0 Å². The predicted octanol–water partition coefficient (Wildman–Crippen LogP) is 6.74. The number of fused-ring (bicyclic) bond motifs is 1. The number of pyridine rings is 1. The molecule has 0 aliphatic rings. The van der Waals surface area contributed by atoms with Crippen LogP contribution in [-0.4, -0.2) is 26.7 Å². The van der Waals surface area contributed by atoms with E-state index < -0.39 is 0 Å². The molecule has 5 aromatic rings. The number of allylic oxidation sites excluding steroid dienone is 4. The summed E-state index contributed by atoms with van der Waals surface area (Å²) in [5, 5.41) is 14.0. The molecule has 0 radical (unpaired) electrons. The fourth-order valence-corrected chi connectivity index (χ4v) is 4.93. The first-order chi connectivity index (χ1) is 20.5. The van der Waals surface area contributed by atoms with Gasteiger partial charge in [-0.2, -0.15) is 5.10 Å². The highest BCUT2D eigenvalue weighted by molar-refractivity contribution is 5.96. The van der Waals surface area contributed by atoms with E-state index in [0.29, 0.717) is 12.2 Å². The molecule has 3 aromatic heterocycles. The molecule has 0 unspecified atom stereocenters. The maximum absolute atomic E-state index is 14.0. The third kappa shape index (κ3) is 6.29. The average molecular weight is 556 g/mol. The van der Waals surface area contributed by atoms with Crippen molar-refractivity contribution in [2.45, 2.75) is 20.4 Å². The van der Waals surface area contributed by atoms with Gasteiger partial charge in [-0.25, -0.2) is 4.39 Å². The van der Waals surface area contributed by atoms with Gasteiger partial charge in [0.05, 0.1) is 16.7 Å². The average Bonchev–Trinajstić information content (AvgIpc) is 3.63. The number of nitrogens with zero attached hydrogens (tertiary/aromatic N) is 2. The molecular weight excluding hydrogens is 521 g/mol. The summed E-state index contributed by atoms with van der Waals surface area (Å²) in [7, 11) is 0. The zero-order chi connectivity index (χ0) is 29.5. The van der Waals surface area contributed by atoms with Crippen molar-refractivity contribution < 1.29 is 4.39 Å². The molecule has 0 aliphatic carbocycles. The van der Waals surface area contributed by atoms with Crippen LogP contribution in [0.2, 0.25) is 0 Å². The fourth-order valence-electron chi connectivity index (χ4n) is 4.93. The van der Waals surface area contributed by atoms with E-state index in [9.17, 15) is 4.39 Å². The monoisotopic (exact) mass is 555 g/mol. The minimum absolute atomic E-state index is 0.298. The highest BCUT2D eigenvalue weighted by Crippen LogP contribution is 2.29. The molecule has 0 fully saturated rings. The Kier molecular flexibility index (Phi) is 8.85. The van der Waals surface area contributed by atoms with Crippen LogP contribution in [0.25, 0.3) is 45.7 Å². The highest BCUT2D eigenvalue weighted by atomic mass is 19.1. The van der Waals surface area contributed by atoms with Crippen LogP contribution in [0.1, 0.15) is 19.4 Å². The third-order valence-electron chi connectivity index (χ3n) is 7.13. The highest BCUT2D eigenvalue weighted by Gasteiger charge is 2.14. The molecule has 0 aliphatic heterocycles. The first-order valence-electron chi connectivity index (χ1n) is 13.9. The van der Waals surface area contributed by atoms with E-state index in [1.54, 1.807) is 12.3 Å². The van der Waals surface area contributed by atoms with Crippen molar-refractivity contribution in [1.82, 2.24) is 25.5 Å². The molecule has 5 rings (SSSR count). The number of rotatable bonds is 10. The molecule has 0 amide bonds. The zero-order valence-electron chi connectivity index (χ0n) is 23.9. The molecular formula is C36H34FN5. The van der Waals surface area contributed by atoms with Crippen molar-refractivity contribution in [3.05, 3.63) is 143 Å². The Morgan fingerprint density at radius 3 is 2.60 bits per heavy atom. The first kappa shape index (κ1) is 28.5. The van der Waals surface area contributed by atoms with Crippen molar-refractivity contribution in [3.63, 3.8) is 0 Å². The molecule has 210 valence electrons. The van der Waals surface area contributed by atoms with E-state index >= 15 is 0 Å². The van der Waals surface area contributed by atoms with Crippen LogP contribution in [0.5, 0.6) is 0 Å². The molecule has 6 heteroatoms. The minimum Gasteiger partial charge on any atom is -0.353 e. The Morgan fingerprint density at radius 1 is 1.02 bits per heavy atom. The van der Waals surface area contributed by atoms with Gasteiger partial charge in [0.1, 0.15) is 11.5 Å². The lowest BCUT2D eigenvalue weighted by atomic mass is 10.0. The van der Waals surface area contributed by atoms with Gasteiger partial charge in [-0.3, -0.25) is 10.1 Å². The second kappa shape index (κ2) is 13.1. The number of aromatic nitrogens is 4. The number of aromatic amines is 2. The zero-order valence-corrected chi connectivity index (χ0v) is 23.9. The summed E-state index contributed by atoms with van der Waals surface area (Å²) < 4.78 is 14.0. The lowest BCUT2D eigenvalue weighted by molar-refractivity contribution is 0.628. The lowest BCUT2D eigenvalue weighted by Gasteiger charge is -2.08. The number of nitrogens with one attached hydrogen (secondary N) is 3. The normalized spacial score (nSPS) is 13.2. The van der Waals surface area contributed by atoms with Crippen LogP contribution >= 0.6 is 0 Å². The Balaban J connectivity index is 1.46. The van der Waals surface area contributed by atoms with E-state index in [2.05, 4.69) is 69.0 Å². The van der Waals surface area contributed by atoms with Gasteiger partial charge in [-0.15, -0.1) is 0 Å². The standard InChI is InChI=1S/C36H34FN5/c1-5-25(22-38-23-26-12-9-8-10-13-26)19-27(6-2)24(4)18-30-32(7-3)41-42-36(30)34-21-31-33(40-34)16-17-39-35(31)28-14-11-15-29(37)20-28/h5-21,38,40-41H,1,4,22-23H2,2-3H3/b25-19+,27-6+,30-18+,32-7+.